The van der Waals surface area contributed by atoms with Crippen molar-refractivity contribution in [2.75, 3.05) is 0 Å². The standard InChI is InChI=1S/C6H7ClF/c1-3-5(7)6(8)4-2/h3-5H,1-2H2. The smallest absolute Gasteiger partial charge is 0.187 e. The van der Waals surface area contributed by atoms with E-state index in [0.29, 0.717) is 0 Å². The Labute approximate surface area is 53.7 Å². The molecule has 2 heteroatoms. The van der Waals surface area contributed by atoms with Crippen LogP contribution in [0.15, 0.2) is 25.3 Å². The Morgan fingerprint density at radius 1 is 1.62 bits per heavy atom. The summed E-state index contributed by atoms with van der Waals surface area (Å²) in [5.41, 5.74) is 0. The van der Waals surface area contributed by atoms with Crippen LogP contribution in [0.5, 0.6) is 0 Å². The van der Waals surface area contributed by atoms with Gasteiger partial charge in [0.15, 0.2) is 6.17 Å². The molecule has 0 aliphatic heterocycles. The normalized spacial score (nSPS) is 13.4. The van der Waals surface area contributed by atoms with Gasteiger partial charge in [-0.05, 0) is 6.08 Å². The average molecular weight is 134 g/mol. The van der Waals surface area contributed by atoms with Gasteiger partial charge >= 0.3 is 0 Å². The fourth-order valence-corrected chi connectivity index (χ4v) is 0.314. The summed E-state index contributed by atoms with van der Waals surface area (Å²) in [6, 6.07) is 0. The maximum Gasteiger partial charge on any atom is 0.187 e. The first-order valence-corrected chi connectivity index (χ1v) is 2.57. The molecule has 0 nitrogen and oxygen atoms in total. The van der Waals surface area contributed by atoms with Gasteiger partial charge in [-0.2, -0.15) is 0 Å². The molecule has 0 fully saturated rings. The summed E-state index contributed by atoms with van der Waals surface area (Å²) in [5, 5.41) is -0.715. The van der Waals surface area contributed by atoms with Gasteiger partial charge in [0.05, 0.1) is 5.38 Å². The van der Waals surface area contributed by atoms with Crippen LogP contribution >= 0.6 is 11.6 Å². The first-order chi connectivity index (χ1) is 3.72. The van der Waals surface area contributed by atoms with Gasteiger partial charge in [0.25, 0.3) is 0 Å². The van der Waals surface area contributed by atoms with Crippen LogP contribution in [0.25, 0.3) is 0 Å². The fourth-order valence-electron chi connectivity index (χ4n) is 0.225. The van der Waals surface area contributed by atoms with E-state index in [0.717, 1.165) is 6.08 Å². The molecule has 1 unspecified atom stereocenters. The molecule has 0 heterocycles. The van der Waals surface area contributed by atoms with Gasteiger partial charge in [-0.15, -0.1) is 18.2 Å². The van der Waals surface area contributed by atoms with Crippen LogP contribution in [0, 0.1) is 6.17 Å². The van der Waals surface area contributed by atoms with Gasteiger partial charge in [0, 0.05) is 0 Å². The molecule has 1 atom stereocenters. The zero-order valence-electron chi connectivity index (χ0n) is 4.40. The predicted molar refractivity (Wildman–Crippen MR) is 34.4 cm³/mol. The molecule has 0 aliphatic carbocycles. The number of halogens is 2. The SMILES string of the molecule is C=C[C](F)C(Cl)C=C. The van der Waals surface area contributed by atoms with Crippen molar-refractivity contribution < 1.29 is 4.39 Å². The van der Waals surface area contributed by atoms with E-state index in [4.69, 9.17) is 11.6 Å². The largest absolute Gasteiger partial charge is 0.233 e. The topological polar surface area (TPSA) is 0 Å². The third-order valence-corrected chi connectivity index (χ3v) is 1.05. The quantitative estimate of drug-likeness (QED) is 0.410. The molecule has 45 valence electrons. The van der Waals surface area contributed by atoms with E-state index < -0.39 is 11.5 Å². The molecule has 0 aromatic rings. The second kappa shape index (κ2) is 3.67. The zero-order chi connectivity index (χ0) is 6.57. The Morgan fingerprint density at radius 3 is 2.25 bits per heavy atom. The van der Waals surface area contributed by atoms with Crippen molar-refractivity contribution in [3.8, 4) is 0 Å². The monoisotopic (exact) mass is 133 g/mol. The molecular formula is C6H7ClF. The summed E-state index contributed by atoms with van der Waals surface area (Å²) in [5.74, 6) is 0. The van der Waals surface area contributed by atoms with Crippen LogP contribution in [0.1, 0.15) is 0 Å². The van der Waals surface area contributed by atoms with Gasteiger partial charge in [-0.25, -0.2) is 4.39 Å². The Balaban J connectivity index is 3.60. The van der Waals surface area contributed by atoms with Crippen molar-refractivity contribution >= 4 is 11.6 Å². The highest BCUT2D eigenvalue weighted by atomic mass is 35.5. The summed E-state index contributed by atoms with van der Waals surface area (Å²) < 4.78 is 12.1. The third-order valence-electron chi connectivity index (χ3n) is 0.665. The Bertz CT molecular complexity index is 78.5. The second-order valence-electron chi connectivity index (χ2n) is 1.23. The van der Waals surface area contributed by atoms with Crippen molar-refractivity contribution in [3.05, 3.63) is 31.5 Å². The lowest BCUT2D eigenvalue weighted by Gasteiger charge is -2.00. The highest BCUT2D eigenvalue weighted by Crippen LogP contribution is 2.15. The maximum absolute atomic E-state index is 12.1. The van der Waals surface area contributed by atoms with Crippen LogP contribution in [-0.2, 0) is 0 Å². The molecule has 0 aromatic heterocycles. The molecule has 0 bridgehead atoms. The Morgan fingerprint density at radius 2 is 2.12 bits per heavy atom. The lowest BCUT2D eigenvalue weighted by Crippen LogP contribution is -1.99. The number of allylic oxidation sites excluding steroid dienone is 2. The van der Waals surface area contributed by atoms with E-state index in [2.05, 4.69) is 13.2 Å². The number of alkyl halides is 1. The highest BCUT2D eigenvalue weighted by Gasteiger charge is 2.10. The van der Waals surface area contributed by atoms with Crippen molar-refractivity contribution in [1.82, 2.24) is 0 Å². The molecule has 0 spiro atoms. The lowest BCUT2D eigenvalue weighted by molar-refractivity contribution is 0.536. The first-order valence-electron chi connectivity index (χ1n) is 2.13. The van der Waals surface area contributed by atoms with E-state index in [1.165, 1.54) is 6.08 Å². The molecular weight excluding hydrogens is 127 g/mol. The predicted octanol–water partition coefficient (Wildman–Crippen LogP) is 2.47. The van der Waals surface area contributed by atoms with Crippen LogP contribution in [0.3, 0.4) is 0 Å². The van der Waals surface area contributed by atoms with E-state index in [-0.39, 0.29) is 0 Å². The van der Waals surface area contributed by atoms with Gasteiger partial charge in [0.2, 0.25) is 0 Å². The van der Waals surface area contributed by atoms with Crippen molar-refractivity contribution in [3.63, 3.8) is 0 Å². The molecule has 1 radical (unpaired) electrons. The summed E-state index contributed by atoms with van der Waals surface area (Å²) in [6.45, 7) is 6.47. The third kappa shape index (κ3) is 2.12. The first kappa shape index (κ1) is 7.70. The Hall–Kier alpha value is -0.300. The van der Waals surface area contributed by atoms with Crippen LogP contribution < -0.4 is 0 Å². The van der Waals surface area contributed by atoms with Crippen LogP contribution in [0.2, 0.25) is 0 Å². The zero-order valence-corrected chi connectivity index (χ0v) is 5.16. The minimum atomic E-state index is -0.715. The van der Waals surface area contributed by atoms with Crippen molar-refractivity contribution in [2.24, 2.45) is 0 Å². The maximum atomic E-state index is 12.1. The van der Waals surface area contributed by atoms with Gasteiger partial charge in [-0.3, -0.25) is 0 Å². The van der Waals surface area contributed by atoms with Gasteiger partial charge in [-0.1, -0.05) is 12.7 Å². The van der Waals surface area contributed by atoms with Crippen LogP contribution in [-0.4, -0.2) is 5.38 Å². The summed E-state index contributed by atoms with van der Waals surface area (Å²) in [6.07, 6.45) is 1.92. The molecule has 0 aliphatic rings. The van der Waals surface area contributed by atoms with E-state index in [1.807, 2.05) is 0 Å². The molecule has 0 aromatic carbocycles. The van der Waals surface area contributed by atoms with Gasteiger partial charge in [0.1, 0.15) is 0 Å². The molecule has 8 heavy (non-hydrogen) atoms. The summed E-state index contributed by atoms with van der Waals surface area (Å²) in [4.78, 5) is 0. The second-order valence-corrected chi connectivity index (χ2v) is 1.70. The molecule has 0 saturated heterocycles. The summed E-state index contributed by atoms with van der Waals surface area (Å²) >= 11 is 5.31. The average Bonchev–Trinajstić information content (AvgIpc) is 1.84. The minimum Gasteiger partial charge on any atom is -0.233 e. The minimum absolute atomic E-state index is 0.457. The molecule has 0 amide bonds. The lowest BCUT2D eigenvalue weighted by atomic mass is 10.3. The van der Waals surface area contributed by atoms with E-state index in [9.17, 15) is 4.39 Å². The fraction of sp³-hybridized carbons (Fsp3) is 0.167. The Kier molecular flexibility index (Phi) is 3.53. The van der Waals surface area contributed by atoms with Crippen LogP contribution in [0.4, 0.5) is 4.39 Å². The van der Waals surface area contributed by atoms with Gasteiger partial charge < -0.3 is 0 Å². The van der Waals surface area contributed by atoms with Crippen molar-refractivity contribution in [1.29, 1.82) is 0 Å². The molecule has 0 rings (SSSR count). The number of rotatable bonds is 3. The summed E-state index contributed by atoms with van der Waals surface area (Å²) in [7, 11) is 0. The number of hydrogen-bond acceptors (Lipinski definition) is 0. The van der Waals surface area contributed by atoms with E-state index in [1.54, 1.807) is 0 Å². The number of hydrogen-bond donors (Lipinski definition) is 0. The highest BCUT2D eigenvalue weighted by molar-refractivity contribution is 6.23. The van der Waals surface area contributed by atoms with E-state index >= 15 is 0 Å². The van der Waals surface area contributed by atoms with Crippen molar-refractivity contribution in [2.45, 2.75) is 5.38 Å². The molecule has 0 saturated carbocycles. The molecule has 0 N–H and O–H groups in total.